The number of fused-ring (bicyclic) bond motifs is 1. The Labute approximate surface area is 164 Å². The summed E-state index contributed by atoms with van der Waals surface area (Å²) in [5.41, 5.74) is 1.95. The van der Waals surface area contributed by atoms with Crippen molar-refractivity contribution in [2.75, 3.05) is 19.5 Å². The number of hydrogen-bond acceptors (Lipinski definition) is 6. The first-order chi connectivity index (χ1) is 13.5. The SMILES string of the molecule is CCCOc1cc(/C=C/c2nc3cc(S(=O)(=O)CC)ccc3o2)ccc1OC. The Kier molecular flexibility index (Phi) is 6.04. The average Bonchev–Trinajstić information content (AvgIpc) is 3.12. The van der Waals surface area contributed by atoms with Gasteiger partial charge in [-0.05, 0) is 48.4 Å². The molecule has 0 N–H and O–H groups in total. The molecule has 0 unspecified atom stereocenters. The molecule has 0 aliphatic carbocycles. The molecule has 0 radical (unpaired) electrons. The summed E-state index contributed by atoms with van der Waals surface area (Å²) < 4.78 is 40.8. The lowest BCUT2D eigenvalue weighted by molar-refractivity contribution is 0.294. The van der Waals surface area contributed by atoms with Gasteiger partial charge in [-0.15, -0.1) is 0 Å². The summed E-state index contributed by atoms with van der Waals surface area (Å²) in [5.74, 6) is 1.80. The molecule has 3 aromatic rings. The number of sulfone groups is 1. The van der Waals surface area contributed by atoms with E-state index in [0.29, 0.717) is 35.1 Å². The first-order valence-electron chi connectivity index (χ1n) is 9.09. The summed E-state index contributed by atoms with van der Waals surface area (Å²) in [5, 5.41) is 0. The highest BCUT2D eigenvalue weighted by molar-refractivity contribution is 7.91. The van der Waals surface area contributed by atoms with Gasteiger partial charge in [0.05, 0.1) is 24.4 Å². The van der Waals surface area contributed by atoms with Crippen molar-refractivity contribution in [2.45, 2.75) is 25.2 Å². The number of ether oxygens (including phenoxy) is 2. The van der Waals surface area contributed by atoms with Crippen LogP contribution < -0.4 is 9.47 Å². The van der Waals surface area contributed by atoms with Gasteiger partial charge in [-0.25, -0.2) is 13.4 Å². The Hall–Kier alpha value is -2.80. The number of aromatic nitrogens is 1. The van der Waals surface area contributed by atoms with E-state index in [1.807, 2.05) is 31.2 Å². The minimum Gasteiger partial charge on any atom is -0.493 e. The van der Waals surface area contributed by atoms with Gasteiger partial charge in [-0.1, -0.05) is 19.9 Å². The van der Waals surface area contributed by atoms with Gasteiger partial charge in [0, 0.05) is 6.08 Å². The van der Waals surface area contributed by atoms with Crippen molar-refractivity contribution in [1.82, 2.24) is 4.98 Å². The third-order valence-electron chi connectivity index (χ3n) is 4.18. The zero-order valence-electron chi connectivity index (χ0n) is 16.1. The van der Waals surface area contributed by atoms with Crippen molar-refractivity contribution in [1.29, 1.82) is 0 Å². The van der Waals surface area contributed by atoms with Crippen LogP contribution in [0.2, 0.25) is 0 Å². The quantitative estimate of drug-likeness (QED) is 0.549. The van der Waals surface area contributed by atoms with Gasteiger partial charge >= 0.3 is 0 Å². The summed E-state index contributed by atoms with van der Waals surface area (Å²) in [6.45, 7) is 4.27. The van der Waals surface area contributed by atoms with Crippen LogP contribution in [-0.4, -0.2) is 32.9 Å². The number of oxazole rings is 1. The molecule has 0 atom stereocenters. The number of rotatable bonds is 8. The predicted octanol–water partition coefficient (Wildman–Crippen LogP) is 4.59. The molecule has 0 amide bonds. The fourth-order valence-electron chi connectivity index (χ4n) is 2.65. The molecule has 0 fully saturated rings. The Balaban J connectivity index is 1.87. The second-order valence-corrected chi connectivity index (χ2v) is 8.46. The fourth-order valence-corrected chi connectivity index (χ4v) is 3.55. The second kappa shape index (κ2) is 8.48. The van der Waals surface area contributed by atoms with E-state index in [0.717, 1.165) is 12.0 Å². The Bertz CT molecular complexity index is 1100. The van der Waals surface area contributed by atoms with Crippen molar-refractivity contribution >= 4 is 33.1 Å². The molecule has 2 aromatic carbocycles. The van der Waals surface area contributed by atoms with Crippen LogP contribution in [0.25, 0.3) is 23.3 Å². The molecule has 148 valence electrons. The monoisotopic (exact) mass is 401 g/mol. The van der Waals surface area contributed by atoms with E-state index in [9.17, 15) is 8.42 Å². The maximum absolute atomic E-state index is 12.0. The van der Waals surface area contributed by atoms with Crippen LogP contribution >= 0.6 is 0 Å². The van der Waals surface area contributed by atoms with Gasteiger partial charge in [0.1, 0.15) is 5.52 Å². The Morgan fingerprint density at radius 1 is 1.07 bits per heavy atom. The molecule has 7 heteroatoms. The predicted molar refractivity (Wildman–Crippen MR) is 109 cm³/mol. The molecule has 0 saturated heterocycles. The lowest BCUT2D eigenvalue weighted by atomic mass is 10.2. The Morgan fingerprint density at radius 3 is 2.61 bits per heavy atom. The summed E-state index contributed by atoms with van der Waals surface area (Å²) in [7, 11) is -1.67. The molecule has 6 nitrogen and oxygen atoms in total. The maximum Gasteiger partial charge on any atom is 0.220 e. The molecular formula is C21H23NO5S. The summed E-state index contributed by atoms with van der Waals surface area (Å²) in [4.78, 5) is 4.62. The second-order valence-electron chi connectivity index (χ2n) is 6.18. The van der Waals surface area contributed by atoms with Crippen LogP contribution in [0.4, 0.5) is 0 Å². The normalized spacial score (nSPS) is 12.0. The molecule has 1 heterocycles. The van der Waals surface area contributed by atoms with Gasteiger partial charge in [-0.3, -0.25) is 0 Å². The summed E-state index contributed by atoms with van der Waals surface area (Å²) in [6.07, 6.45) is 4.49. The smallest absolute Gasteiger partial charge is 0.220 e. The van der Waals surface area contributed by atoms with Crippen LogP contribution in [0.1, 0.15) is 31.7 Å². The molecular weight excluding hydrogens is 378 g/mol. The van der Waals surface area contributed by atoms with Gasteiger partial charge in [0.15, 0.2) is 26.9 Å². The molecule has 0 aliphatic heterocycles. The fraction of sp³-hybridized carbons (Fsp3) is 0.286. The summed E-state index contributed by atoms with van der Waals surface area (Å²) in [6, 6.07) is 10.4. The lowest BCUT2D eigenvalue weighted by Crippen LogP contribution is -2.03. The van der Waals surface area contributed by atoms with Gasteiger partial charge in [0.25, 0.3) is 0 Å². The highest BCUT2D eigenvalue weighted by atomic mass is 32.2. The largest absolute Gasteiger partial charge is 0.493 e. The van der Waals surface area contributed by atoms with Crippen molar-refractivity contribution in [3.63, 3.8) is 0 Å². The van der Waals surface area contributed by atoms with Crippen LogP contribution in [0.15, 0.2) is 45.7 Å². The lowest BCUT2D eigenvalue weighted by Gasteiger charge is -2.10. The Morgan fingerprint density at radius 2 is 1.89 bits per heavy atom. The molecule has 3 rings (SSSR count). The summed E-state index contributed by atoms with van der Waals surface area (Å²) >= 11 is 0. The van der Waals surface area contributed by atoms with Crippen LogP contribution in [-0.2, 0) is 9.84 Å². The van der Waals surface area contributed by atoms with E-state index in [1.54, 1.807) is 38.3 Å². The number of hydrogen-bond donors (Lipinski definition) is 0. The van der Waals surface area contributed by atoms with Gasteiger partial charge in [0.2, 0.25) is 5.89 Å². The van der Waals surface area contributed by atoms with E-state index in [4.69, 9.17) is 13.9 Å². The topological polar surface area (TPSA) is 78.6 Å². The van der Waals surface area contributed by atoms with Crippen molar-refractivity contribution in [3.8, 4) is 11.5 Å². The van der Waals surface area contributed by atoms with Gasteiger partial charge in [-0.2, -0.15) is 0 Å². The van der Waals surface area contributed by atoms with Crippen LogP contribution in [0.3, 0.4) is 0 Å². The standard InChI is InChI=1S/C21H23NO5S/c1-4-12-26-20-13-15(6-9-19(20)25-3)7-11-21-22-17-14-16(28(23,24)5-2)8-10-18(17)27-21/h6-11,13-14H,4-5,12H2,1-3H3/b11-7+. The van der Waals surface area contributed by atoms with E-state index in [2.05, 4.69) is 4.98 Å². The first kappa shape index (κ1) is 19.9. The van der Waals surface area contributed by atoms with Crippen molar-refractivity contribution < 1.29 is 22.3 Å². The molecule has 0 spiro atoms. The number of methoxy groups -OCH3 is 1. The minimum atomic E-state index is -3.28. The molecule has 0 bridgehead atoms. The van der Waals surface area contributed by atoms with E-state index >= 15 is 0 Å². The van der Waals surface area contributed by atoms with E-state index in [1.165, 1.54) is 0 Å². The van der Waals surface area contributed by atoms with E-state index in [-0.39, 0.29) is 10.6 Å². The molecule has 28 heavy (non-hydrogen) atoms. The molecule has 0 aliphatic rings. The molecule has 1 aromatic heterocycles. The first-order valence-corrected chi connectivity index (χ1v) is 10.7. The zero-order valence-corrected chi connectivity index (χ0v) is 17.0. The van der Waals surface area contributed by atoms with Gasteiger partial charge < -0.3 is 13.9 Å². The van der Waals surface area contributed by atoms with Crippen molar-refractivity contribution in [2.24, 2.45) is 0 Å². The zero-order chi connectivity index (χ0) is 20.1. The van der Waals surface area contributed by atoms with Crippen molar-refractivity contribution in [3.05, 3.63) is 47.9 Å². The minimum absolute atomic E-state index is 0.0447. The maximum atomic E-state index is 12.0. The third kappa shape index (κ3) is 4.36. The number of nitrogens with zero attached hydrogens (tertiary/aromatic N) is 1. The highest BCUT2D eigenvalue weighted by Gasteiger charge is 2.14. The highest BCUT2D eigenvalue weighted by Crippen LogP contribution is 2.29. The third-order valence-corrected chi connectivity index (χ3v) is 5.91. The van der Waals surface area contributed by atoms with Crippen LogP contribution in [0, 0.1) is 0 Å². The average molecular weight is 401 g/mol. The molecule has 0 saturated carbocycles. The van der Waals surface area contributed by atoms with Crippen LogP contribution in [0.5, 0.6) is 11.5 Å². The number of benzene rings is 2. The van der Waals surface area contributed by atoms with E-state index < -0.39 is 9.84 Å².